The van der Waals surface area contributed by atoms with Gasteiger partial charge in [0, 0.05) is 24.1 Å². The van der Waals surface area contributed by atoms with Gasteiger partial charge in [0.25, 0.3) is 0 Å². The third-order valence-corrected chi connectivity index (χ3v) is 5.07. The molecular weight excluding hydrogens is 290 g/mol. The lowest BCUT2D eigenvalue weighted by Gasteiger charge is -2.39. The number of hydrogen-bond acceptors (Lipinski definition) is 3. The van der Waals surface area contributed by atoms with Crippen LogP contribution in [0.3, 0.4) is 0 Å². The minimum atomic E-state index is -1.02. The van der Waals surface area contributed by atoms with Crippen molar-refractivity contribution in [1.82, 2.24) is 4.90 Å². The van der Waals surface area contributed by atoms with Crippen molar-refractivity contribution in [3.63, 3.8) is 0 Å². The van der Waals surface area contributed by atoms with Crippen molar-refractivity contribution in [3.8, 4) is 11.8 Å². The summed E-state index contributed by atoms with van der Waals surface area (Å²) in [5.41, 5.74) is 1.06. The Balaban J connectivity index is 1.83. The first kappa shape index (κ1) is 15.9. The first-order valence-electron chi connectivity index (χ1n) is 8.20. The molecule has 4 heteroatoms. The molecule has 1 unspecified atom stereocenters. The van der Waals surface area contributed by atoms with E-state index >= 15 is 0 Å². The van der Waals surface area contributed by atoms with E-state index in [4.69, 9.17) is 4.74 Å². The van der Waals surface area contributed by atoms with Crippen LogP contribution in [0.25, 0.3) is 0 Å². The summed E-state index contributed by atoms with van der Waals surface area (Å²) in [6, 6.07) is 8.02. The highest BCUT2D eigenvalue weighted by Gasteiger charge is 2.50. The Morgan fingerprint density at radius 3 is 3.00 bits per heavy atom. The average Bonchev–Trinajstić information content (AvgIpc) is 2.98. The van der Waals surface area contributed by atoms with Gasteiger partial charge in [-0.15, -0.1) is 0 Å². The summed E-state index contributed by atoms with van der Waals surface area (Å²) in [7, 11) is 1.40. The van der Waals surface area contributed by atoms with Gasteiger partial charge in [-0.25, -0.2) is 4.79 Å². The zero-order valence-electron chi connectivity index (χ0n) is 13.7. The zero-order valence-corrected chi connectivity index (χ0v) is 13.7. The summed E-state index contributed by atoms with van der Waals surface area (Å²) < 4.78 is 4.86. The average molecular weight is 313 g/mol. The molecule has 0 bridgehead atoms. The quantitative estimate of drug-likeness (QED) is 0.749. The number of carbonyl (C=O) groups excluding carboxylic acids is 1. The minimum Gasteiger partial charge on any atom is -0.453 e. The molecule has 1 amide bonds. The van der Waals surface area contributed by atoms with Crippen LogP contribution in [0.2, 0.25) is 0 Å². The number of carbonyl (C=O) groups is 1. The van der Waals surface area contributed by atoms with Crippen LogP contribution >= 0.6 is 0 Å². The van der Waals surface area contributed by atoms with Crippen LogP contribution in [0.15, 0.2) is 24.3 Å². The van der Waals surface area contributed by atoms with Gasteiger partial charge in [-0.2, -0.15) is 0 Å². The summed E-state index contributed by atoms with van der Waals surface area (Å²) >= 11 is 0. The molecule has 1 saturated heterocycles. The van der Waals surface area contributed by atoms with Gasteiger partial charge >= 0.3 is 6.09 Å². The van der Waals surface area contributed by atoms with E-state index in [0.29, 0.717) is 13.0 Å². The fraction of sp³-hybridized carbons (Fsp3) is 0.526. The second-order valence-corrected chi connectivity index (χ2v) is 6.56. The molecule has 0 radical (unpaired) electrons. The Morgan fingerprint density at radius 1 is 1.43 bits per heavy atom. The van der Waals surface area contributed by atoms with Crippen molar-refractivity contribution in [2.75, 3.05) is 13.7 Å². The monoisotopic (exact) mass is 313 g/mol. The molecule has 0 spiro atoms. The normalized spacial score (nSPS) is 29.4. The van der Waals surface area contributed by atoms with Crippen molar-refractivity contribution in [2.24, 2.45) is 5.92 Å². The van der Waals surface area contributed by atoms with Crippen molar-refractivity contribution in [2.45, 2.75) is 44.2 Å². The summed E-state index contributed by atoms with van der Waals surface area (Å²) in [5.74, 6) is 6.26. The number of amides is 1. The lowest BCUT2D eigenvalue weighted by molar-refractivity contribution is -0.0136. The maximum atomic E-state index is 11.9. The Hall–Kier alpha value is -1.99. The molecule has 2 aliphatic rings. The highest BCUT2D eigenvalue weighted by atomic mass is 16.5. The highest BCUT2D eigenvalue weighted by molar-refractivity contribution is 5.68. The predicted molar refractivity (Wildman–Crippen MR) is 87.9 cm³/mol. The minimum absolute atomic E-state index is 0.00709. The lowest BCUT2D eigenvalue weighted by Crippen LogP contribution is -2.49. The molecule has 1 aliphatic carbocycles. The molecular formula is C19H23NO3. The third-order valence-electron chi connectivity index (χ3n) is 5.07. The van der Waals surface area contributed by atoms with E-state index in [1.165, 1.54) is 7.11 Å². The van der Waals surface area contributed by atoms with E-state index in [-0.39, 0.29) is 18.1 Å². The Labute approximate surface area is 137 Å². The number of aryl methyl sites for hydroxylation is 1. The molecule has 23 heavy (non-hydrogen) atoms. The molecule has 4 nitrogen and oxygen atoms in total. The maximum Gasteiger partial charge on any atom is 0.409 e. The molecule has 1 aromatic carbocycles. The summed E-state index contributed by atoms with van der Waals surface area (Å²) in [4.78, 5) is 13.6. The van der Waals surface area contributed by atoms with Gasteiger partial charge in [-0.3, -0.25) is 0 Å². The standard InChI is InChI=1S/C19H23NO3/c1-14-5-3-6-15(13-14)8-11-19(22)10-4-7-17-16(19)9-12-20(17)18(21)23-2/h3,5-6,13,16-17,22H,4,7,9-10,12H2,1-2H3/t16-,17-,19?/m1/s1. The molecule has 1 aliphatic heterocycles. The number of fused-ring (bicyclic) bond motifs is 1. The largest absolute Gasteiger partial charge is 0.453 e. The first-order chi connectivity index (χ1) is 11.0. The van der Waals surface area contributed by atoms with Crippen LogP contribution in [0.1, 0.15) is 36.8 Å². The molecule has 1 heterocycles. The zero-order chi connectivity index (χ0) is 16.4. The third kappa shape index (κ3) is 3.07. The van der Waals surface area contributed by atoms with Crippen LogP contribution in [-0.4, -0.2) is 41.4 Å². The van der Waals surface area contributed by atoms with Crippen molar-refractivity contribution < 1.29 is 14.6 Å². The van der Waals surface area contributed by atoms with Gasteiger partial charge in [0.05, 0.1) is 7.11 Å². The second kappa shape index (κ2) is 6.25. The van der Waals surface area contributed by atoms with Gasteiger partial charge in [-0.1, -0.05) is 24.0 Å². The predicted octanol–water partition coefficient (Wildman–Crippen LogP) is 2.72. The van der Waals surface area contributed by atoms with E-state index in [2.05, 4.69) is 11.8 Å². The van der Waals surface area contributed by atoms with Gasteiger partial charge in [0.15, 0.2) is 0 Å². The number of nitrogens with zero attached hydrogens (tertiary/aromatic N) is 1. The van der Waals surface area contributed by atoms with Gasteiger partial charge in [0.2, 0.25) is 0 Å². The fourth-order valence-corrected chi connectivity index (χ4v) is 3.94. The summed E-state index contributed by atoms with van der Waals surface area (Å²) in [5, 5.41) is 11.1. The molecule has 1 N–H and O–H groups in total. The summed E-state index contributed by atoms with van der Waals surface area (Å²) in [6.45, 7) is 2.66. The highest BCUT2D eigenvalue weighted by Crippen LogP contribution is 2.42. The number of aliphatic hydroxyl groups is 1. The van der Waals surface area contributed by atoms with Gasteiger partial charge in [0.1, 0.15) is 5.60 Å². The SMILES string of the molecule is COC(=O)N1CC[C@@H]2[C@H]1CCCC2(O)C#Cc1cccc(C)c1. The van der Waals surface area contributed by atoms with Crippen molar-refractivity contribution >= 4 is 6.09 Å². The van der Waals surface area contributed by atoms with Crippen molar-refractivity contribution in [3.05, 3.63) is 35.4 Å². The fourth-order valence-electron chi connectivity index (χ4n) is 3.94. The molecule has 3 atom stereocenters. The van der Waals surface area contributed by atoms with Crippen LogP contribution in [-0.2, 0) is 4.74 Å². The molecule has 122 valence electrons. The van der Waals surface area contributed by atoms with Crippen LogP contribution in [0, 0.1) is 24.7 Å². The van der Waals surface area contributed by atoms with E-state index in [0.717, 1.165) is 30.4 Å². The topological polar surface area (TPSA) is 49.8 Å². The molecule has 1 saturated carbocycles. The molecule has 3 rings (SSSR count). The molecule has 2 fully saturated rings. The van der Waals surface area contributed by atoms with E-state index in [1.54, 1.807) is 4.90 Å². The Kier molecular flexibility index (Phi) is 4.32. The van der Waals surface area contributed by atoms with Crippen LogP contribution in [0.4, 0.5) is 4.79 Å². The molecule has 1 aromatic rings. The van der Waals surface area contributed by atoms with E-state index < -0.39 is 5.60 Å². The van der Waals surface area contributed by atoms with Gasteiger partial charge in [-0.05, 0) is 50.3 Å². The van der Waals surface area contributed by atoms with Crippen LogP contribution < -0.4 is 0 Å². The molecule has 0 aromatic heterocycles. The number of hydrogen-bond donors (Lipinski definition) is 1. The van der Waals surface area contributed by atoms with Crippen LogP contribution in [0.5, 0.6) is 0 Å². The lowest BCUT2D eigenvalue weighted by atomic mass is 9.73. The van der Waals surface area contributed by atoms with Crippen molar-refractivity contribution in [1.29, 1.82) is 0 Å². The Morgan fingerprint density at radius 2 is 2.26 bits per heavy atom. The number of methoxy groups -OCH3 is 1. The number of rotatable bonds is 0. The smallest absolute Gasteiger partial charge is 0.409 e. The van der Waals surface area contributed by atoms with E-state index in [9.17, 15) is 9.90 Å². The van der Waals surface area contributed by atoms with E-state index in [1.807, 2.05) is 31.2 Å². The second-order valence-electron chi connectivity index (χ2n) is 6.56. The van der Waals surface area contributed by atoms with Gasteiger partial charge < -0.3 is 14.7 Å². The number of benzene rings is 1. The maximum absolute atomic E-state index is 11.9. The Bertz CT molecular complexity index is 660. The number of likely N-dealkylation sites (tertiary alicyclic amines) is 1. The first-order valence-corrected chi connectivity index (χ1v) is 8.20. The summed E-state index contributed by atoms with van der Waals surface area (Å²) in [6.07, 6.45) is 2.93. The number of ether oxygens (including phenoxy) is 1.